The van der Waals surface area contributed by atoms with E-state index in [9.17, 15) is 18.0 Å². The third kappa shape index (κ3) is 3.31. The number of anilines is 2. The van der Waals surface area contributed by atoms with Crippen molar-refractivity contribution >= 4 is 33.2 Å². The Kier molecular flexibility index (Phi) is 4.14. The van der Waals surface area contributed by atoms with Crippen LogP contribution in [-0.4, -0.2) is 39.9 Å². The Bertz CT molecular complexity index is 670. The smallest absolute Gasteiger partial charge is 0.246 e. The molecular weight excluding hydrogens is 296 g/mol. The third-order valence-electron chi connectivity index (χ3n) is 2.94. The zero-order valence-corrected chi connectivity index (χ0v) is 12.2. The summed E-state index contributed by atoms with van der Waals surface area (Å²) >= 11 is 0. The lowest BCUT2D eigenvalue weighted by Crippen LogP contribution is -2.51. The van der Waals surface area contributed by atoms with Crippen LogP contribution in [-0.2, 0) is 19.6 Å². The van der Waals surface area contributed by atoms with Gasteiger partial charge in [-0.3, -0.25) is 14.9 Å². The molecule has 2 amide bonds. The number of carbonyl (C=O) groups excluding carboxylic acids is 2. The van der Waals surface area contributed by atoms with Crippen molar-refractivity contribution in [2.75, 3.05) is 30.3 Å². The van der Waals surface area contributed by atoms with Crippen LogP contribution >= 0.6 is 0 Å². The molecule has 0 aromatic heterocycles. The Hall–Kier alpha value is -2.13. The molecule has 114 valence electrons. The average Bonchev–Trinajstić information content (AvgIpc) is 2.37. The Morgan fingerprint density at radius 1 is 1.29 bits per heavy atom. The lowest BCUT2D eigenvalue weighted by molar-refractivity contribution is -0.130. The third-order valence-corrected chi connectivity index (χ3v) is 4.48. The molecule has 0 atom stereocenters. The molecule has 1 saturated heterocycles. The van der Waals surface area contributed by atoms with Gasteiger partial charge in [-0.1, -0.05) is 6.92 Å². The average molecular weight is 312 g/mol. The topological polar surface area (TPSA) is 122 Å². The van der Waals surface area contributed by atoms with Crippen molar-refractivity contribution in [2.24, 2.45) is 0 Å². The first-order chi connectivity index (χ1) is 9.83. The lowest BCUT2D eigenvalue weighted by atomic mass is 10.2. The van der Waals surface area contributed by atoms with E-state index in [0.29, 0.717) is 11.4 Å². The van der Waals surface area contributed by atoms with Gasteiger partial charge in [-0.15, -0.1) is 0 Å². The first-order valence-electron chi connectivity index (χ1n) is 6.30. The van der Waals surface area contributed by atoms with Gasteiger partial charge in [-0.25, -0.2) is 13.1 Å². The number of hydrogen-bond acceptors (Lipinski definition) is 6. The highest BCUT2D eigenvalue weighted by atomic mass is 32.2. The summed E-state index contributed by atoms with van der Waals surface area (Å²) in [6.07, 6.45) is 0. The molecule has 2 rings (SSSR count). The summed E-state index contributed by atoms with van der Waals surface area (Å²) in [5.41, 5.74) is 6.47. The standard InChI is InChI=1S/C12H16N4O4S/c1-2-14-21(19,20)8-3-4-9(13)10(5-8)16-6-11(17)15-12(18)7-16/h3-5,14H,2,6-7,13H2,1H3,(H,15,17,18). The van der Waals surface area contributed by atoms with Gasteiger partial charge in [0.2, 0.25) is 21.8 Å². The number of nitrogens with zero attached hydrogens (tertiary/aromatic N) is 1. The van der Waals surface area contributed by atoms with E-state index in [4.69, 9.17) is 5.73 Å². The van der Waals surface area contributed by atoms with Crippen LogP contribution in [0.2, 0.25) is 0 Å². The number of rotatable bonds is 4. The van der Waals surface area contributed by atoms with Crippen molar-refractivity contribution in [1.82, 2.24) is 10.0 Å². The van der Waals surface area contributed by atoms with Gasteiger partial charge in [-0.05, 0) is 18.2 Å². The molecule has 0 aliphatic carbocycles. The van der Waals surface area contributed by atoms with Crippen molar-refractivity contribution in [3.63, 3.8) is 0 Å². The Balaban J connectivity index is 2.40. The highest BCUT2D eigenvalue weighted by Gasteiger charge is 2.25. The van der Waals surface area contributed by atoms with Gasteiger partial charge in [0.05, 0.1) is 29.4 Å². The fourth-order valence-electron chi connectivity index (χ4n) is 2.05. The molecule has 1 aromatic rings. The van der Waals surface area contributed by atoms with Gasteiger partial charge in [0.15, 0.2) is 0 Å². The van der Waals surface area contributed by atoms with Gasteiger partial charge in [0.1, 0.15) is 0 Å². The summed E-state index contributed by atoms with van der Waals surface area (Å²) in [6, 6.07) is 4.18. The van der Waals surface area contributed by atoms with Crippen molar-refractivity contribution in [1.29, 1.82) is 0 Å². The van der Waals surface area contributed by atoms with Crippen LogP contribution in [0, 0.1) is 0 Å². The molecule has 4 N–H and O–H groups in total. The molecule has 21 heavy (non-hydrogen) atoms. The number of hydrogen-bond donors (Lipinski definition) is 3. The molecular formula is C12H16N4O4S. The molecule has 1 aromatic carbocycles. The van der Waals surface area contributed by atoms with Crippen molar-refractivity contribution in [3.8, 4) is 0 Å². The maximum absolute atomic E-state index is 12.0. The fourth-order valence-corrected chi connectivity index (χ4v) is 3.11. The van der Waals surface area contributed by atoms with Crippen molar-refractivity contribution < 1.29 is 18.0 Å². The molecule has 1 aliphatic rings. The highest BCUT2D eigenvalue weighted by molar-refractivity contribution is 7.89. The zero-order chi connectivity index (χ0) is 15.6. The summed E-state index contributed by atoms with van der Waals surface area (Å²) in [7, 11) is -3.63. The fraction of sp³-hybridized carbons (Fsp3) is 0.333. The number of nitrogens with one attached hydrogen (secondary N) is 2. The number of piperazine rings is 1. The maximum atomic E-state index is 12.0. The number of carbonyl (C=O) groups is 2. The highest BCUT2D eigenvalue weighted by Crippen LogP contribution is 2.27. The normalized spacial score (nSPS) is 16.0. The van der Waals surface area contributed by atoms with E-state index in [1.165, 1.54) is 23.1 Å². The molecule has 8 nitrogen and oxygen atoms in total. The molecule has 0 unspecified atom stereocenters. The minimum Gasteiger partial charge on any atom is -0.397 e. The zero-order valence-electron chi connectivity index (χ0n) is 11.4. The van der Waals surface area contributed by atoms with Gasteiger partial charge in [0, 0.05) is 6.54 Å². The molecule has 1 heterocycles. The number of benzene rings is 1. The van der Waals surface area contributed by atoms with Crippen LogP contribution in [0.1, 0.15) is 6.92 Å². The summed E-state index contributed by atoms with van der Waals surface area (Å²) < 4.78 is 26.4. The quantitative estimate of drug-likeness (QED) is 0.486. The lowest BCUT2D eigenvalue weighted by Gasteiger charge is -2.28. The van der Waals surface area contributed by atoms with E-state index in [1.54, 1.807) is 6.92 Å². The molecule has 0 bridgehead atoms. The monoisotopic (exact) mass is 312 g/mol. The van der Waals surface area contributed by atoms with Crippen LogP contribution in [0.15, 0.2) is 23.1 Å². The van der Waals surface area contributed by atoms with Crippen LogP contribution in [0.4, 0.5) is 11.4 Å². The van der Waals surface area contributed by atoms with Crippen LogP contribution in [0.25, 0.3) is 0 Å². The second-order valence-corrected chi connectivity index (χ2v) is 6.32. The number of imide groups is 1. The van der Waals surface area contributed by atoms with E-state index in [0.717, 1.165) is 0 Å². The Labute approximate surface area is 122 Å². The van der Waals surface area contributed by atoms with Crippen molar-refractivity contribution in [3.05, 3.63) is 18.2 Å². The van der Waals surface area contributed by atoms with E-state index in [-0.39, 0.29) is 24.5 Å². The predicted molar refractivity (Wildman–Crippen MR) is 77.1 cm³/mol. The number of nitrogen functional groups attached to an aromatic ring is 1. The van der Waals surface area contributed by atoms with Crippen molar-refractivity contribution in [2.45, 2.75) is 11.8 Å². The van der Waals surface area contributed by atoms with Crippen LogP contribution in [0.3, 0.4) is 0 Å². The second-order valence-electron chi connectivity index (χ2n) is 4.55. The van der Waals surface area contributed by atoms with E-state index >= 15 is 0 Å². The molecule has 0 radical (unpaired) electrons. The molecule has 9 heteroatoms. The number of sulfonamides is 1. The maximum Gasteiger partial charge on any atom is 0.246 e. The number of amides is 2. The van der Waals surface area contributed by atoms with Gasteiger partial charge in [-0.2, -0.15) is 0 Å². The number of nitrogens with two attached hydrogens (primary N) is 1. The largest absolute Gasteiger partial charge is 0.397 e. The van der Waals surface area contributed by atoms with Crippen LogP contribution < -0.4 is 20.7 Å². The van der Waals surface area contributed by atoms with Gasteiger partial charge in [0.25, 0.3) is 0 Å². The molecule has 0 saturated carbocycles. The first kappa shape index (κ1) is 15.3. The van der Waals surface area contributed by atoms with Crippen LogP contribution in [0.5, 0.6) is 0 Å². The minimum atomic E-state index is -3.63. The summed E-state index contributed by atoms with van der Waals surface area (Å²) in [5, 5.41) is 2.17. The Morgan fingerprint density at radius 2 is 1.90 bits per heavy atom. The molecule has 1 fully saturated rings. The second kappa shape index (κ2) is 5.70. The molecule has 0 spiro atoms. The van der Waals surface area contributed by atoms with E-state index < -0.39 is 21.8 Å². The molecule has 1 aliphatic heterocycles. The SMILES string of the molecule is CCNS(=O)(=O)c1ccc(N)c(N2CC(=O)NC(=O)C2)c1. The first-order valence-corrected chi connectivity index (χ1v) is 7.78. The summed E-state index contributed by atoms with van der Waals surface area (Å²) in [5.74, 6) is -0.906. The summed E-state index contributed by atoms with van der Waals surface area (Å²) in [6.45, 7) is 1.82. The predicted octanol–water partition coefficient (Wildman–Crippen LogP) is -0.970. The minimum absolute atomic E-state index is 0.0342. The Morgan fingerprint density at radius 3 is 2.48 bits per heavy atom. The van der Waals surface area contributed by atoms with E-state index in [2.05, 4.69) is 10.0 Å². The van der Waals surface area contributed by atoms with Gasteiger partial charge >= 0.3 is 0 Å². The van der Waals surface area contributed by atoms with Gasteiger partial charge < -0.3 is 10.6 Å². The summed E-state index contributed by atoms with van der Waals surface area (Å²) in [4.78, 5) is 24.3. The van der Waals surface area contributed by atoms with E-state index in [1.807, 2.05) is 0 Å².